The Kier molecular flexibility index (Phi) is 3.31. The minimum absolute atomic E-state index is 0.0949. The molecule has 1 aromatic carbocycles. The molecule has 1 aliphatic rings. The van der Waals surface area contributed by atoms with Crippen molar-refractivity contribution in [3.63, 3.8) is 0 Å². The summed E-state index contributed by atoms with van der Waals surface area (Å²) in [5, 5.41) is 13.3. The molecule has 1 fully saturated rings. The van der Waals surface area contributed by atoms with Gasteiger partial charge in [0.25, 0.3) is 0 Å². The summed E-state index contributed by atoms with van der Waals surface area (Å²) in [4.78, 5) is 0. The van der Waals surface area contributed by atoms with Gasteiger partial charge in [0.1, 0.15) is 0 Å². The fraction of sp³-hybridized carbons (Fsp3) is 0.500. The third-order valence-electron chi connectivity index (χ3n) is 2.74. The lowest BCUT2D eigenvalue weighted by atomic mass is 10.0. The summed E-state index contributed by atoms with van der Waals surface area (Å²) in [5.41, 5.74) is 1.85. The van der Waals surface area contributed by atoms with Crippen LogP contribution in [0.15, 0.2) is 12.1 Å². The van der Waals surface area contributed by atoms with Gasteiger partial charge < -0.3 is 19.9 Å². The molecule has 16 heavy (non-hydrogen) atoms. The van der Waals surface area contributed by atoms with Crippen molar-refractivity contribution in [3.05, 3.63) is 23.3 Å². The van der Waals surface area contributed by atoms with Crippen LogP contribution in [-0.2, 0) is 4.74 Å². The molecule has 88 valence electrons. The Morgan fingerprint density at radius 1 is 1.50 bits per heavy atom. The van der Waals surface area contributed by atoms with Crippen LogP contribution in [0.4, 0.5) is 0 Å². The molecule has 1 unspecified atom stereocenters. The zero-order chi connectivity index (χ0) is 11.5. The van der Waals surface area contributed by atoms with Gasteiger partial charge in [0.15, 0.2) is 11.5 Å². The third-order valence-corrected chi connectivity index (χ3v) is 2.74. The summed E-state index contributed by atoms with van der Waals surface area (Å²) < 4.78 is 10.8. The van der Waals surface area contributed by atoms with E-state index in [0.29, 0.717) is 12.4 Å². The van der Waals surface area contributed by atoms with Crippen molar-refractivity contribution in [2.24, 2.45) is 0 Å². The van der Waals surface area contributed by atoms with Gasteiger partial charge in [-0.1, -0.05) is 0 Å². The Hall–Kier alpha value is -1.26. The molecular weight excluding hydrogens is 206 g/mol. The average Bonchev–Trinajstić information content (AvgIpc) is 2.33. The van der Waals surface area contributed by atoms with Crippen molar-refractivity contribution >= 4 is 0 Å². The summed E-state index contributed by atoms with van der Waals surface area (Å²) in [6, 6.07) is 3.75. The molecule has 0 amide bonds. The lowest BCUT2D eigenvalue weighted by molar-refractivity contribution is 0.0261. The van der Waals surface area contributed by atoms with E-state index in [1.54, 1.807) is 7.11 Å². The fourth-order valence-corrected chi connectivity index (χ4v) is 1.94. The highest BCUT2D eigenvalue weighted by atomic mass is 16.5. The monoisotopic (exact) mass is 223 g/mol. The second-order valence-corrected chi connectivity index (χ2v) is 3.97. The molecule has 2 rings (SSSR count). The van der Waals surface area contributed by atoms with Crippen molar-refractivity contribution in [1.29, 1.82) is 0 Å². The molecule has 0 aliphatic carbocycles. The summed E-state index contributed by atoms with van der Waals surface area (Å²) in [6.45, 7) is 4.22. The molecule has 4 nitrogen and oxygen atoms in total. The van der Waals surface area contributed by atoms with Gasteiger partial charge in [-0.15, -0.1) is 0 Å². The van der Waals surface area contributed by atoms with Gasteiger partial charge >= 0.3 is 0 Å². The minimum Gasteiger partial charge on any atom is -0.504 e. The number of phenolic OH excluding ortho intramolecular Hbond substituents is 1. The number of rotatable bonds is 2. The predicted octanol–water partition coefficient (Wildman–Crippen LogP) is 1.37. The van der Waals surface area contributed by atoms with Gasteiger partial charge in [-0.3, -0.25) is 0 Å². The number of benzene rings is 1. The second kappa shape index (κ2) is 4.72. The van der Waals surface area contributed by atoms with Gasteiger partial charge in [0, 0.05) is 18.7 Å². The number of hydrogen-bond acceptors (Lipinski definition) is 4. The van der Waals surface area contributed by atoms with E-state index in [2.05, 4.69) is 5.32 Å². The zero-order valence-corrected chi connectivity index (χ0v) is 9.62. The minimum atomic E-state index is -0.0949. The van der Waals surface area contributed by atoms with Gasteiger partial charge in [-0.05, 0) is 24.6 Å². The zero-order valence-electron chi connectivity index (χ0n) is 9.62. The number of ether oxygens (including phenoxy) is 2. The summed E-state index contributed by atoms with van der Waals surface area (Å²) in [7, 11) is 1.55. The normalized spacial score (nSPS) is 20.8. The van der Waals surface area contributed by atoms with Crippen LogP contribution in [0, 0.1) is 6.92 Å². The second-order valence-electron chi connectivity index (χ2n) is 3.97. The topological polar surface area (TPSA) is 50.7 Å². The first-order valence-corrected chi connectivity index (χ1v) is 5.42. The first-order chi connectivity index (χ1) is 7.72. The van der Waals surface area contributed by atoms with Crippen molar-refractivity contribution < 1.29 is 14.6 Å². The molecule has 0 spiro atoms. The van der Waals surface area contributed by atoms with Gasteiger partial charge in [0.2, 0.25) is 0 Å². The molecule has 1 heterocycles. The Morgan fingerprint density at radius 2 is 2.31 bits per heavy atom. The SMILES string of the molecule is COc1cc(C)cc(C2CNCCO2)c1O. The lowest BCUT2D eigenvalue weighted by Crippen LogP contribution is -2.33. The first kappa shape index (κ1) is 11.2. The van der Waals surface area contributed by atoms with E-state index in [9.17, 15) is 5.11 Å². The van der Waals surface area contributed by atoms with Crippen LogP contribution < -0.4 is 10.1 Å². The van der Waals surface area contributed by atoms with E-state index in [1.165, 1.54) is 0 Å². The van der Waals surface area contributed by atoms with Crippen LogP contribution in [0.25, 0.3) is 0 Å². The quantitative estimate of drug-likeness (QED) is 0.795. The highest BCUT2D eigenvalue weighted by Gasteiger charge is 2.21. The maximum absolute atomic E-state index is 10.0. The number of aromatic hydroxyl groups is 1. The highest BCUT2D eigenvalue weighted by Crippen LogP contribution is 2.36. The maximum Gasteiger partial charge on any atom is 0.163 e. The molecule has 0 saturated carbocycles. The lowest BCUT2D eigenvalue weighted by Gasteiger charge is -2.25. The van der Waals surface area contributed by atoms with Gasteiger partial charge in [0.05, 0.1) is 19.8 Å². The van der Waals surface area contributed by atoms with Crippen LogP contribution >= 0.6 is 0 Å². The number of hydrogen-bond donors (Lipinski definition) is 2. The van der Waals surface area contributed by atoms with Gasteiger partial charge in [-0.25, -0.2) is 0 Å². The number of methoxy groups -OCH3 is 1. The molecule has 4 heteroatoms. The van der Waals surface area contributed by atoms with Crippen LogP contribution in [0.2, 0.25) is 0 Å². The van der Waals surface area contributed by atoms with Crippen LogP contribution in [-0.4, -0.2) is 31.9 Å². The van der Waals surface area contributed by atoms with Crippen molar-refractivity contribution in [2.45, 2.75) is 13.0 Å². The molecule has 2 N–H and O–H groups in total. The van der Waals surface area contributed by atoms with E-state index < -0.39 is 0 Å². The first-order valence-electron chi connectivity index (χ1n) is 5.42. The van der Waals surface area contributed by atoms with E-state index >= 15 is 0 Å². The smallest absolute Gasteiger partial charge is 0.163 e. The summed E-state index contributed by atoms with van der Waals surface area (Å²) in [5.74, 6) is 0.686. The number of nitrogens with one attached hydrogen (secondary N) is 1. The largest absolute Gasteiger partial charge is 0.504 e. The third kappa shape index (κ3) is 2.13. The number of aryl methyl sites for hydroxylation is 1. The maximum atomic E-state index is 10.0. The number of morpholine rings is 1. The predicted molar refractivity (Wildman–Crippen MR) is 61.0 cm³/mol. The Labute approximate surface area is 95.2 Å². The Morgan fingerprint density at radius 3 is 2.94 bits per heavy atom. The molecule has 0 radical (unpaired) electrons. The highest BCUT2D eigenvalue weighted by molar-refractivity contribution is 5.49. The molecular formula is C12H17NO3. The summed E-state index contributed by atoms with van der Waals surface area (Å²) >= 11 is 0. The summed E-state index contributed by atoms with van der Waals surface area (Å²) in [6.07, 6.45) is -0.0949. The molecule has 1 atom stereocenters. The Balaban J connectivity index is 2.34. The van der Waals surface area contributed by atoms with E-state index in [4.69, 9.17) is 9.47 Å². The van der Waals surface area contributed by atoms with Crippen molar-refractivity contribution in [1.82, 2.24) is 5.32 Å². The van der Waals surface area contributed by atoms with Gasteiger partial charge in [-0.2, -0.15) is 0 Å². The van der Waals surface area contributed by atoms with Crippen LogP contribution in [0.3, 0.4) is 0 Å². The van der Waals surface area contributed by atoms with E-state index in [-0.39, 0.29) is 11.9 Å². The van der Waals surface area contributed by atoms with Crippen molar-refractivity contribution in [3.8, 4) is 11.5 Å². The molecule has 1 aliphatic heterocycles. The molecule has 1 aromatic rings. The van der Waals surface area contributed by atoms with Crippen LogP contribution in [0.1, 0.15) is 17.2 Å². The van der Waals surface area contributed by atoms with E-state index in [1.807, 2.05) is 19.1 Å². The van der Waals surface area contributed by atoms with E-state index in [0.717, 1.165) is 24.2 Å². The number of phenols is 1. The average molecular weight is 223 g/mol. The molecule has 1 saturated heterocycles. The molecule has 0 aromatic heterocycles. The fourth-order valence-electron chi connectivity index (χ4n) is 1.94. The standard InChI is InChI=1S/C12H17NO3/c1-8-5-9(11-7-13-3-4-16-11)12(14)10(6-8)15-2/h5-6,11,13-14H,3-4,7H2,1-2H3. The van der Waals surface area contributed by atoms with Crippen LogP contribution in [0.5, 0.6) is 11.5 Å². The molecule has 0 bridgehead atoms. The van der Waals surface area contributed by atoms with Crippen molar-refractivity contribution in [2.75, 3.05) is 26.8 Å². The Bertz CT molecular complexity index is 373.